The van der Waals surface area contributed by atoms with Crippen molar-refractivity contribution < 1.29 is 31.9 Å². The topological polar surface area (TPSA) is 85.2 Å². The number of carbonyl (C=O) groups excluding carboxylic acids is 2. The number of ether oxygens (including phenoxy) is 1. The number of aromatic nitrogens is 2. The Balaban J connectivity index is 1.65. The van der Waals surface area contributed by atoms with Gasteiger partial charge in [-0.15, -0.1) is 5.10 Å². The van der Waals surface area contributed by atoms with E-state index in [0.29, 0.717) is 16.9 Å². The molecule has 2 heterocycles. The number of nitrogens with zero attached hydrogens (tertiary/aromatic N) is 2. The van der Waals surface area contributed by atoms with Crippen molar-refractivity contribution >= 4 is 17.6 Å². The molecule has 34 heavy (non-hydrogen) atoms. The van der Waals surface area contributed by atoms with E-state index in [4.69, 9.17) is 0 Å². The molecule has 1 fully saturated rings. The van der Waals surface area contributed by atoms with E-state index in [1.807, 2.05) is 0 Å². The lowest BCUT2D eigenvalue weighted by atomic mass is 10.1. The van der Waals surface area contributed by atoms with Crippen LogP contribution in [0.15, 0.2) is 54.6 Å². The van der Waals surface area contributed by atoms with Crippen LogP contribution in [0.5, 0.6) is 0 Å². The maximum atomic E-state index is 14.4. The molecular weight excluding hydrogens is 456 g/mol. The SMILES string of the molecule is O=C1C[C@H](C(=O)Nc2cc(-c3cc(F)cc(COCC(F)(F)F)c3)n(-c3ccccc3)n2)CN1. The maximum Gasteiger partial charge on any atom is 0.411 e. The van der Waals surface area contributed by atoms with Gasteiger partial charge >= 0.3 is 6.18 Å². The quantitative estimate of drug-likeness (QED) is 0.508. The van der Waals surface area contributed by atoms with Gasteiger partial charge in [0.05, 0.1) is 23.9 Å². The Kier molecular flexibility index (Phi) is 6.64. The normalized spacial score (nSPS) is 15.9. The fourth-order valence-electron chi connectivity index (χ4n) is 3.60. The third-order valence-corrected chi connectivity index (χ3v) is 5.10. The van der Waals surface area contributed by atoms with Crippen molar-refractivity contribution in [1.29, 1.82) is 0 Å². The Morgan fingerprint density at radius 1 is 1.18 bits per heavy atom. The van der Waals surface area contributed by atoms with E-state index < -0.39 is 31.1 Å². The summed E-state index contributed by atoms with van der Waals surface area (Å²) in [7, 11) is 0. The summed E-state index contributed by atoms with van der Waals surface area (Å²) in [6.45, 7) is -1.66. The number of alkyl halides is 3. The second-order valence-corrected chi connectivity index (χ2v) is 7.81. The molecule has 1 aliphatic rings. The van der Waals surface area contributed by atoms with Gasteiger partial charge in [0.1, 0.15) is 12.4 Å². The standard InChI is InChI=1S/C23H20F4N4O3/c24-17-7-14(12-34-13-23(25,26)27)6-15(8-17)19-10-20(29-22(33)16-9-21(32)28-11-16)30-31(19)18-4-2-1-3-5-18/h1-8,10,16H,9,11-13H2,(H,28,32)(H,29,30,33)/t16-/m0/s1. The van der Waals surface area contributed by atoms with E-state index in [0.717, 1.165) is 6.07 Å². The molecule has 2 N–H and O–H groups in total. The molecule has 1 saturated heterocycles. The number of benzene rings is 2. The third-order valence-electron chi connectivity index (χ3n) is 5.10. The van der Waals surface area contributed by atoms with Crippen LogP contribution >= 0.6 is 0 Å². The van der Waals surface area contributed by atoms with Crippen LogP contribution in [0.3, 0.4) is 0 Å². The van der Waals surface area contributed by atoms with Crippen molar-refractivity contribution in [3.05, 3.63) is 66.0 Å². The van der Waals surface area contributed by atoms with Gasteiger partial charge in [-0.05, 0) is 35.9 Å². The highest BCUT2D eigenvalue weighted by molar-refractivity contribution is 5.97. The van der Waals surface area contributed by atoms with Gasteiger partial charge in [-0.3, -0.25) is 9.59 Å². The van der Waals surface area contributed by atoms with E-state index in [1.54, 1.807) is 30.3 Å². The molecule has 0 saturated carbocycles. The first kappa shape index (κ1) is 23.4. The van der Waals surface area contributed by atoms with Crippen molar-refractivity contribution in [2.24, 2.45) is 5.92 Å². The maximum absolute atomic E-state index is 14.4. The summed E-state index contributed by atoms with van der Waals surface area (Å²) in [5.41, 5.74) is 1.56. The molecule has 0 aliphatic carbocycles. The highest BCUT2D eigenvalue weighted by Crippen LogP contribution is 2.29. The van der Waals surface area contributed by atoms with Crippen LogP contribution in [0.2, 0.25) is 0 Å². The van der Waals surface area contributed by atoms with Crippen molar-refractivity contribution in [3.8, 4) is 16.9 Å². The summed E-state index contributed by atoms with van der Waals surface area (Å²) in [4.78, 5) is 24.0. The largest absolute Gasteiger partial charge is 0.411 e. The zero-order valence-corrected chi connectivity index (χ0v) is 17.7. The van der Waals surface area contributed by atoms with E-state index in [2.05, 4.69) is 20.5 Å². The highest BCUT2D eigenvalue weighted by atomic mass is 19.4. The van der Waals surface area contributed by atoms with Gasteiger partial charge in [0.15, 0.2) is 5.82 Å². The van der Waals surface area contributed by atoms with Gasteiger partial charge in [-0.1, -0.05) is 18.2 Å². The summed E-state index contributed by atoms with van der Waals surface area (Å²) >= 11 is 0. The van der Waals surface area contributed by atoms with Crippen molar-refractivity contribution in [2.75, 3.05) is 18.5 Å². The Hall–Kier alpha value is -3.73. The van der Waals surface area contributed by atoms with Gasteiger partial charge in [0.2, 0.25) is 11.8 Å². The third kappa shape index (κ3) is 5.79. The summed E-state index contributed by atoms with van der Waals surface area (Å²) in [6.07, 6.45) is -4.42. The average Bonchev–Trinajstić information content (AvgIpc) is 3.39. The second kappa shape index (κ2) is 9.64. The summed E-state index contributed by atoms with van der Waals surface area (Å²) < 4.78 is 57.7. The number of carbonyl (C=O) groups is 2. The lowest BCUT2D eigenvalue weighted by Crippen LogP contribution is -2.24. The van der Waals surface area contributed by atoms with Crippen LogP contribution in [-0.4, -0.2) is 40.9 Å². The van der Waals surface area contributed by atoms with Crippen LogP contribution in [0, 0.1) is 11.7 Å². The Labute approximate surface area is 191 Å². The molecule has 3 aromatic rings. The van der Waals surface area contributed by atoms with Crippen LogP contribution in [0.4, 0.5) is 23.4 Å². The molecular formula is C23H20F4N4O3. The molecule has 1 atom stereocenters. The lowest BCUT2D eigenvalue weighted by Gasteiger charge is -2.11. The van der Waals surface area contributed by atoms with E-state index in [-0.39, 0.29) is 36.2 Å². The number of hydrogen-bond acceptors (Lipinski definition) is 4. The molecule has 1 aliphatic heterocycles. The fraction of sp³-hybridized carbons (Fsp3) is 0.261. The molecule has 4 rings (SSSR count). The zero-order valence-electron chi connectivity index (χ0n) is 17.7. The average molecular weight is 476 g/mol. The minimum absolute atomic E-state index is 0.0727. The first-order valence-electron chi connectivity index (χ1n) is 10.4. The summed E-state index contributed by atoms with van der Waals surface area (Å²) in [6, 6.07) is 14.2. The molecule has 2 amide bonds. The first-order chi connectivity index (χ1) is 16.2. The molecule has 0 spiro atoms. The Morgan fingerprint density at radius 2 is 1.94 bits per heavy atom. The highest BCUT2D eigenvalue weighted by Gasteiger charge is 2.29. The number of para-hydroxylation sites is 1. The van der Waals surface area contributed by atoms with Gasteiger partial charge in [-0.25, -0.2) is 9.07 Å². The van der Waals surface area contributed by atoms with Crippen molar-refractivity contribution in [3.63, 3.8) is 0 Å². The van der Waals surface area contributed by atoms with Gasteiger partial charge in [0, 0.05) is 24.6 Å². The molecule has 7 nitrogen and oxygen atoms in total. The van der Waals surface area contributed by atoms with Crippen LogP contribution in [0.1, 0.15) is 12.0 Å². The van der Waals surface area contributed by atoms with Crippen LogP contribution < -0.4 is 10.6 Å². The van der Waals surface area contributed by atoms with Crippen molar-refractivity contribution in [2.45, 2.75) is 19.2 Å². The Bertz CT molecular complexity index is 1190. The lowest BCUT2D eigenvalue weighted by molar-refractivity contribution is -0.176. The zero-order chi connectivity index (χ0) is 24.3. The van der Waals surface area contributed by atoms with Crippen LogP contribution in [-0.2, 0) is 20.9 Å². The van der Waals surface area contributed by atoms with Gasteiger partial charge < -0.3 is 15.4 Å². The number of anilines is 1. The minimum atomic E-state index is -4.49. The number of rotatable bonds is 7. The molecule has 1 aromatic heterocycles. The molecule has 11 heteroatoms. The predicted molar refractivity (Wildman–Crippen MR) is 114 cm³/mol. The van der Waals surface area contributed by atoms with Gasteiger partial charge in [0.25, 0.3) is 0 Å². The minimum Gasteiger partial charge on any atom is -0.367 e. The molecule has 0 radical (unpaired) electrons. The van der Waals surface area contributed by atoms with E-state index >= 15 is 0 Å². The predicted octanol–water partition coefficient (Wildman–Crippen LogP) is 3.83. The molecule has 0 bridgehead atoms. The van der Waals surface area contributed by atoms with Crippen molar-refractivity contribution in [1.82, 2.24) is 15.1 Å². The smallest absolute Gasteiger partial charge is 0.367 e. The summed E-state index contributed by atoms with van der Waals surface area (Å²) in [5, 5.41) is 9.69. The molecule has 2 aromatic carbocycles. The van der Waals surface area contributed by atoms with Crippen LogP contribution in [0.25, 0.3) is 16.9 Å². The van der Waals surface area contributed by atoms with E-state index in [1.165, 1.54) is 22.9 Å². The molecule has 0 unspecified atom stereocenters. The number of amides is 2. The fourth-order valence-corrected chi connectivity index (χ4v) is 3.60. The number of nitrogens with one attached hydrogen (secondary N) is 2. The Morgan fingerprint density at radius 3 is 2.62 bits per heavy atom. The first-order valence-corrected chi connectivity index (χ1v) is 10.4. The molecule has 178 valence electrons. The summed E-state index contributed by atoms with van der Waals surface area (Å²) in [5.74, 6) is -1.62. The van der Waals surface area contributed by atoms with Gasteiger partial charge in [-0.2, -0.15) is 13.2 Å². The number of hydrogen-bond donors (Lipinski definition) is 2. The second-order valence-electron chi connectivity index (χ2n) is 7.81. The number of halogens is 4. The van der Waals surface area contributed by atoms with E-state index in [9.17, 15) is 27.2 Å². The monoisotopic (exact) mass is 476 g/mol.